The van der Waals surface area contributed by atoms with Crippen molar-refractivity contribution in [3.05, 3.63) is 28.7 Å². The molecule has 0 unspecified atom stereocenters. The number of nitrogens with two attached hydrogens (primary N) is 1. The summed E-state index contributed by atoms with van der Waals surface area (Å²) in [6.45, 7) is 0.914. The molecule has 1 aliphatic carbocycles. The molecule has 0 bridgehead atoms. The zero-order valence-electron chi connectivity index (χ0n) is 12.5. The molecule has 120 valence electrons. The third-order valence-electron chi connectivity index (χ3n) is 4.08. The Morgan fingerprint density at radius 3 is 2.64 bits per heavy atom. The normalized spacial score (nSPS) is 20.6. The summed E-state index contributed by atoms with van der Waals surface area (Å²) in [4.78, 5) is 23.9. The zero-order valence-corrected chi connectivity index (χ0v) is 14.1. The molecule has 1 aliphatic rings. The number of hydrogen-bond acceptors (Lipinski definition) is 3. The number of carbonyl (C=O) groups excluding carboxylic acids is 2. The molecular formula is C16H22BrN3O2. The predicted octanol–water partition coefficient (Wildman–Crippen LogP) is 2.27. The van der Waals surface area contributed by atoms with Gasteiger partial charge in [-0.1, -0.05) is 22.4 Å². The number of rotatable bonds is 6. The third-order valence-corrected chi connectivity index (χ3v) is 4.61. The van der Waals surface area contributed by atoms with Crippen molar-refractivity contribution in [2.45, 2.75) is 25.7 Å². The van der Waals surface area contributed by atoms with Gasteiger partial charge in [0.25, 0.3) is 0 Å². The first-order valence-electron chi connectivity index (χ1n) is 7.63. The minimum Gasteiger partial charge on any atom is -0.355 e. The predicted molar refractivity (Wildman–Crippen MR) is 90.3 cm³/mol. The topological polar surface area (TPSA) is 84.2 Å². The smallest absolute Gasteiger partial charge is 0.226 e. The fraction of sp³-hybridized carbons (Fsp3) is 0.500. The number of benzene rings is 1. The summed E-state index contributed by atoms with van der Waals surface area (Å²) in [5.74, 6) is 0.227. The van der Waals surface area contributed by atoms with Gasteiger partial charge in [0.05, 0.1) is 0 Å². The van der Waals surface area contributed by atoms with E-state index in [0.717, 1.165) is 29.4 Å². The van der Waals surface area contributed by atoms with Crippen molar-refractivity contribution in [3.63, 3.8) is 0 Å². The molecule has 2 amide bonds. The summed E-state index contributed by atoms with van der Waals surface area (Å²) < 4.78 is 0.962. The van der Waals surface area contributed by atoms with E-state index in [4.69, 9.17) is 5.73 Å². The molecule has 4 N–H and O–H groups in total. The Hall–Kier alpha value is -1.40. The van der Waals surface area contributed by atoms with E-state index in [-0.39, 0.29) is 30.1 Å². The fourth-order valence-corrected chi connectivity index (χ4v) is 3.12. The van der Waals surface area contributed by atoms with Crippen LogP contribution in [0, 0.1) is 11.8 Å². The van der Waals surface area contributed by atoms with Crippen LogP contribution < -0.4 is 16.4 Å². The highest BCUT2D eigenvalue weighted by atomic mass is 79.9. The highest BCUT2D eigenvalue weighted by molar-refractivity contribution is 9.10. The van der Waals surface area contributed by atoms with Crippen LogP contribution in [0.3, 0.4) is 0 Å². The summed E-state index contributed by atoms with van der Waals surface area (Å²) in [6, 6.07) is 7.38. The van der Waals surface area contributed by atoms with Crippen LogP contribution in [0.15, 0.2) is 28.7 Å². The van der Waals surface area contributed by atoms with Gasteiger partial charge in [0.1, 0.15) is 0 Å². The third kappa shape index (κ3) is 4.81. The maximum Gasteiger partial charge on any atom is 0.226 e. The first kappa shape index (κ1) is 17.0. The molecule has 0 radical (unpaired) electrons. The Balaban J connectivity index is 1.70. The van der Waals surface area contributed by atoms with E-state index in [0.29, 0.717) is 13.1 Å². The molecule has 22 heavy (non-hydrogen) atoms. The molecule has 0 heterocycles. The Kier molecular flexibility index (Phi) is 6.39. The van der Waals surface area contributed by atoms with E-state index >= 15 is 0 Å². The average molecular weight is 368 g/mol. The maximum absolute atomic E-state index is 12.1. The van der Waals surface area contributed by atoms with Crippen LogP contribution in [0.1, 0.15) is 25.7 Å². The second kappa shape index (κ2) is 8.29. The lowest BCUT2D eigenvalue weighted by Gasteiger charge is -2.17. The number of carbonyl (C=O) groups is 2. The Bertz CT molecular complexity index is 519. The minimum absolute atomic E-state index is 0.0135. The van der Waals surface area contributed by atoms with Crippen LogP contribution in [-0.4, -0.2) is 24.9 Å². The Morgan fingerprint density at radius 1 is 1.23 bits per heavy atom. The van der Waals surface area contributed by atoms with Gasteiger partial charge >= 0.3 is 0 Å². The van der Waals surface area contributed by atoms with E-state index in [2.05, 4.69) is 26.6 Å². The van der Waals surface area contributed by atoms with Gasteiger partial charge in [-0.05, 0) is 49.6 Å². The number of nitrogens with one attached hydrogen (secondary N) is 2. The zero-order chi connectivity index (χ0) is 15.9. The largest absolute Gasteiger partial charge is 0.355 e. The van der Waals surface area contributed by atoms with Crippen molar-refractivity contribution in [3.8, 4) is 0 Å². The first-order chi connectivity index (χ1) is 10.6. The van der Waals surface area contributed by atoms with Crippen molar-refractivity contribution >= 4 is 33.4 Å². The van der Waals surface area contributed by atoms with Crippen LogP contribution in [0.4, 0.5) is 5.69 Å². The van der Waals surface area contributed by atoms with E-state index in [1.165, 1.54) is 0 Å². The number of amides is 2. The van der Waals surface area contributed by atoms with Crippen LogP contribution in [-0.2, 0) is 9.59 Å². The molecule has 5 nitrogen and oxygen atoms in total. The van der Waals surface area contributed by atoms with Gasteiger partial charge in [0.15, 0.2) is 0 Å². The molecule has 0 spiro atoms. The number of halogens is 1. The second-order valence-electron chi connectivity index (χ2n) is 5.63. The molecule has 2 rings (SSSR count). The van der Waals surface area contributed by atoms with Gasteiger partial charge in [-0.2, -0.15) is 0 Å². The summed E-state index contributed by atoms with van der Waals surface area (Å²) >= 11 is 3.34. The second-order valence-corrected chi connectivity index (χ2v) is 6.54. The van der Waals surface area contributed by atoms with Gasteiger partial charge in [-0.3, -0.25) is 9.59 Å². The molecule has 0 aromatic heterocycles. The van der Waals surface area contributed by atoms with Crippen molar-refractivity contribution in [1.29, 1.82) is 0 Å². The van der Waals surface area contributed by atoms with Gasteiger partial charge in [0, 0.05) is 29.0 Å². The first-order valence-corrected chi connectivity index (χ1v) is 8.42. The molecule has 1 aromatic carbocycles. The van der Waals surface area contributed by atoms with Gasteiger partial charge in [-0.25, -0.2) is 0 Å². The highest BCUT2D eigenvalue weighted by Crippen LogP contribution is 2.30. The summed E-state index contributed by atoms with van der Waals surface area (Å²) in [5, 5.41) is 5.65. The standard InChI is InChI=1S/C16H22BrN3O2/c17-12-4-6-13(7-5-12)20-15(21)8-9-19-16(22)14-3-1-2-11(14)10-18/h4-7,11,14H,1-3,8-10,18H2,(H,19,22)(H,20,21)/t11-,14-/m1/s1. The van der Waals surface area contributed by atoms with Gasteiger partial charge < -0.3 is 16.4 Å². The summed E-state index contributed by atoms with van der Waals surface area (Å²) in [7, 11) is 0. The molecule has 1 fully saturated rings. The highest BCUT2D eigenvalue weighted by Gasteiger charge is 2.31. The number of hydrogen-bond donors (Lipinski definition) is 3. The molecule has 1 saturated carbocycles. The SMILES string of the molecule is NC[C@H]1CCC[C@H]1C(=O)NCCC(=O)Nc1ccc(Br)cc1. The molecule has 2 atom stereocenters. The minimum atomic E-state index is -0.107. The van der Waals surface area contributed by atoms with Gasteiger partial charge in [0.2, 0.25) is 11.8 Å². The molecule has 0 saturated heterocycles. The fourth-order valence-electron chi connectivity index (χ4n) is 2.85. The number of anilines is 1. The molecular weight excluding hydrogens is 346 g/mol. The quantitative estimate of drug-likeness (QED) is 0.720. The van der Waals surface area contributed by atoms with Crippen LogP contribution in [0.2, 0.25) is 0 Å². The Labute approximate surface area is 139 Å². The van der Waals surface area contributed by atoms with Crippen LogP contribution in [0.5, 0.6) is 0 Å². The van der Waals surface area contributed by atoms with E-state index in [9.17, 15) is 9.59 Å². The van der Waals surface area contributed by atoms with Crippen molar-refractivity contribution < 1.29 is 9.59 Å². The van der Waals surface area contributed by atoms with E-state index in [1.54, 1.807) is 0 Å². The Morgan fingerprint density at radius 2 is 1.95 bits per heavy atom. The summed E-state index contributed by atoms with van der Waals surface area (Å²) in [5.41, 5.74) is 6.44. The molecule has 6 heteroatoms. The van der Waals surface area contributed by atoms with Crippen molar-refractivity contribution in [2.24, 2.45) is 17.6 Å². The molecule has 0 aliphatic heterocycles. The average Bonchev–Trinajstić information content (AvgIpc) is 2.98. The van der Waals surface area contributed by atoms with Crippen LogP contribution in [0.25, 0.3) is 0 Å². The lowest BCUT2D eigenvalue weighted by Crippen LogP contribution is -2.36. The van der Waals surface area contributed by atoms with Crippen LogP contribution >= 0.6 is 15.9 Å². The summed E-state index contributed by atoms with van der Waals surface area (Å²) in [6.07, 6.45) is 3.25. The molecule has 1 aromatic rings. The van der Waals surface area contributed by atoms with E-state index in [1.807, 2.05) is 24.3 Å². The van der Waals surface area contributed by atoms with E-state index < -0.39 is 0 Å². The van der Waals surface area contributed by atoms with Crippen molar-refractivity contribution in [1.82, 2.24) is 5.32 Å². The van der Waals surface area contributed by atoms with Gasteiger partial charge in [-0.15, -0.1) is 0 Å². The maximum atomic E-state index is 12.1. The van der Waals surface area contributed by atoms with Crippen molar-refractivity contribution in [2.75, 3.05) is 18.4 Å². The lowest BCUT2D eigenvalue weighted by molar-refractivity contribution is -0.126. The monoisotopic (exact) mass is 367 g/mol. The lowest BCUT2D eigenvalue weighted by atomic mass is 9.95.